The predicted molar refractivity (Wildman–Crippen MR) is 209 cm³/mol. The Morgan fingerprint density at radius 2 is 1.02 bits per heavy atom. The largest absolute Gasteiger partial charge is 0.309 e. The molecule has 5 nitrogen and oxygen atoms in total. The number of nitrogens with zero attached hydrogens (tertiary/aromatic N) is 5. The first-order valence-corrected chi connectivity index (χ1v) is 17.1. The molecule has 0 radical (unpaired) electrons. The highest BCUT2D eigenvalue weighted by molar-refractivity contribution is 6.40. The summed E-state index contributed by atoms with van der Waals surface area (Å²) in [5, 5.41) is 10.2. The van der Waals surface area contributed by atoms with Crippen LogP contribution >= 0.6 is 0 Å². The minimum atomic E-state index is 0.629. The first kappa shape index (κ1) is 27.9. The Balaban J connectivity index is 1.21. The average Bonchev–Trinajstić information content (AvgIpc) is 3.55. The quantitative estimate of drug-likeness (QED) is 0.138. The lowest BCUT2D eigenvalue weighted by atomic mass is 9.88. The van der Waals surface area contributed by atoms with Crippen LogP contribution in [-0.4, -0.2) is 24.5 Å². The van der Waals surface area contributed by atoms with Crippen LogP contribution in [0.5, 0.6) is 0 Å². The van der Waals surface area contributed by atoms with Gasteiger partial charge >= 0.3 is 0 Å². The summed E-state index contributed by atoms with van der Waals surface area (Å²) < 4.78 is 2.41. The van der Waals surface area contributed by atoms with Gasteiger partial charge in [0.2, 0.25) is 0 Å². The fraction of sp³-hybridized carbons (Fsp3) is 0. The molecule has 0 atom stereocenters. The number of pyridine rings is 1. The molecule has 0 spiro atoms. The van der Waals surface area contributed by atoms with Crippen molar-refractivity contribution in [2.45, 2.75) is 0 Å². The molecular formula is C46H27N5. The van der Waals surface area contributed by atoms with E-state index < -0.39 is 0 Å². The molecule has 0 amide bonds. The van der Waals surface area contributed by atoms with Crippen LogP contribution < -0.4 is 0 Å². The van der Waals surface area contributed by atoms with Crippen LogP contribution in [0.15, 0.2) is 164 Å². The molecule has 11 rings (SSSR count). The highest BCUT2D eigenvalue weighted by Crippen LogP contribution is 2.48. The zero-order valence-corrected chi connectivity index (χ0v) is 27.3. The van der Waals surface area contributed by atoms with Gasteiger partial charge in [-0.15, -0.1) is 0 Å². The number of benzene rings is 8. The van der Waals surface area contributed by atoms with E-state index in [2.05, 4.69) is 95.6 Å². The Hall–Kier alpha value is -6.98. The lowest BCUT2D eigenvalue weighted by Gasteiger charge is -2.14. The molecular weight excluding hydrogens is 623 g/mol. The summed E-state index contributed by atoms with van der Waals surface area (Å²) in [4.78, 5) is 19.8. The summed E-state index contributed by atoms with van der Waals surface area (Å²) in [6.07, 6.45) is 1.87. The Labute approximate surface area is 292 Å². The van der Waals surface area contributed by atoms with Crippen LogP contribution in [0.4, 0.5) is 0 Å². The fourth-order valence-electron chi connectivity index (χ4n) is 7.94. The lowest BCUT2D eigenvalue weighted by Crippen LogP contribution is -2.01. The highest BCUT2D eigenvalue weighted by Gasteiger charge is 2.23. The van der Waals surface area contributed by atoms with Crippen molar-refractivity contribution in [3.8, 4) is 51.1 Å². The maximum Gasteiger partial charge on any atom is 0.164 e. The Bertz CT molecular complexity index is 3000. The van der Waals surface area contributed by atoms with Gasteiger partial charge in [-0.3, -0.25) is 4.98 Å². The van der Waals surface area contributed by atoms with E-state index in [1.807, 2.05) is 72.9 Å². The van der Waals surface area contributed by atoms with Gasteiger partial charge < -0.3 is 4.57 Å². The first-order valence-electron chi connectivity index (χ1n) is 17.1. The van der Waals surface area contributed by atoms with Crippen LogP contribution in [0.2, 0.25) is 0 Å². The molecule has 0 bridgehead atoms. The molecule has 0 aliphatic rings. The molecule has 3 aromatic heterocycles. The number of aromatic nitrogens is 5. The normalized spacial score (nSPS) is 11.9. The van der Waals surface area contributed by atoms with Crippen LogP contribution in [-0.2, 0) is 0 Å². The number of rotatable bonds is 5. The van der Waals surface area contributed by atoms with Crippen molar-refractivity contribution in [2.75, 3.05) is 0 Å². The topological polar surface area (TPSA) is 56.5 Å². The molecule has 0 saturated carbocycles. The van der Waals surface area contributed by atoms with E-state index >= 15 is 0 Å². The van der Waals surface area contributed by atoms with Gasteiger partial charge in [-0.2, -0.15) is 0 Å². The second kappa shape index (κ2) is 10.8. The zero-order chi connectivity index (χ0) is 33.5. The molecule has 8 aromatic carbocycles. The van der Waals surface area contributed by atoms with Crippen LogP contribution in [0.3, 0.4) is 0 Å². The van der Waals surface area contributed by atoms with E-state index in [4.69, 9.17) is 19.9 Å². The number of fused-ring (bicyclic) bond motifs is 1. The summed E-state index contributed by atoms with van der Waals surface area (Å²) >= 11 is 0. The lowest BCUT2D eigenvalue weighted by molar-refractivity contribution is 1.07. The Morgan fingerprint density at radius 1 is 0.373 bits per heavy atom. The highest BCUT2D eigenvalue weighted by atomic mass is 15.0. The van der Waals surface area contributed by atoms with E-state index in [9.17, 15) is 0 Å². The van der Waals surface area contributed by atoms with E-state index in [-0.39, 0.29) is 0 Å². The van der Waals surface area contributed by atoms with E-state index in [1.54, 1.807) is 0 Å². The Kier molecular flexibility index (Phi) is 5.89. The third kappa shape index (κ3) is 4.22. The third-order valence-corrected chi connectivity index (χ3v) is 10.2. The van der Waals surface area contributed by atoms with Crippen molar-refractivity contribution in [3.05, 3.63) is 164 Å². The molecule has 0 unspecified atom stereocenters. The third-order valence-electron chi connectivity index (χ3n) is 10.2. The van der Waals surface area contributed by atoms with Crippen molar-refractivity contribution < 1.29 is 0 Å². The molecule has 0 saturated heterocycles. The molecule has 5 heteroatoms. The van der Waals surface area contributed by atoms with Crippen molar-refractivity contribution in [2.24, 2.45) is 0 Å². The smallest absolute Gasteiger partial charge is 0.164 e. The number of hydrogen-bond acceptors (Lipinski definition) is 4. The summed E-state index contributed by atoms with van der Waals surface area (Å²) in [5.41, 5.74) is 8.20. The van der Waals surface area contributed by atoms with Gasteiger partial charge in [0, 0.05) is 50.3 Å². The summed E-state index contributed by atoms with van der Waals surface area (Å²) in [7, 11) is 0. The molecule has 0 N–H and O–H groups in total. The molecule has 51 heavy (non-hydrogen) atoms. The summed E-state index contributed by atoms with van der Waals surface area (Å²) in [5.74, 6) is 1.92. The van der Waals surface area contributed by atoms with Gasteiger partial charge in [-0.1, -0.05) is 115 Å². The molecule has 3 heterocycles. The van der Waals surface area contributed by atoms with Gasteiger partial charge in [0.25, 0.3) is 0 Å². The minimum absolute atomic E-state index is 0.629. The van der Waals surface area contributed by atoms with Gasteiger partial charge in [0.05, 0.1) is 16.7 Å². The standard InChI is InChI=1S/C46H27N5/c1-3-11-30(12-4-1)44-48-45(31-13-5-2-6-14-31)50-46(49-44)32-16-9-17-34(25-32)51-38-23-22-29-21-20-28-15-10-18-35-36-26-33(37-19-7-8-24-47-37)27-39(51)42(36)43(38)41(29)40(28)35/h1-27H. The van der Waals surface area contributed by atoms with Crippen molar-refractivity contribution >= 4 is 54.1 Å². The molecule has 0 aliphatic heterocycles. The van der Waals surface area contributed by atoms with E-state index in [0.29, 0.717) is 17.5 Å². The monoisotopic (exact) mass is 649 g/mol. The molecule has 11 aromatic rings. The molecule has 236 valence electrons. The minimum Gasteiger partial charge on any atom is -0.309 e. The number of hydrogen-bond donors (Lipinski definition) is 0. The molecule has 0 fully saturated rings. The second-order valence-electron chi connectivity index (χ2n) is 13.1. The van der Waals surface area contributed by atoms with Gasteiger partial charge in [-0.25, -0.2) is 15.0 Å². The van der Waals surface area contributed by atoms with Crippen LogP contribution in [0.25, 0.3) is 105 Å². The predicted octanol–water partition coefficient (Wildman–Crippen LogP) is 11.4. The molecule has 0 aliphatic carbocycles. The first-order chi connectivity index (χ1) is 25.3. The maximum absolute atomic E-state index is 5.05. The zero-order valence-electron chi connectivity index (χ0n) is 27.3. The Morgan fingerprint density at radius 3 is 1.75 bits per heavy atom. The fourth-order valence-corrected chi connectivity index (χ4v) is 7.94. The van der Waals surface area contributed by atoms with Crippen molar-refractivity contribution in [1.82, 2.24) is 24.5 Å². The van der Waals surface area contributed by atoms with Crippen LogP contribution in [0.1, 0.15) is 0 Å². The van der Waals surface area contributed by atoms with Gasteiger partial charge in [0.15, 0.2) is 17.5 Å². The SMILES string of the molecule is c1ccc(-c2nc(-c3ccccc3)nc(-c3cccc(-n4c5cc(-c6ccccn6)cc6c7cccc8ccc9ccc4c(c9c87)c65)c3)n2)cc1. The van der Waals surface area contributed by atoms with E-state index in [0.717, 1.165) is 39.2 Å². The van der Waals surface area contributed by atoms with Gasteiger partial charge in [-0.05, 0) is 69.4 Å². The second-order valence-corrected chi connectivity index (χ2v) is 13.1. The van der Waals surface area contributed by atoms with Crippen molar-refractivity contribution in [1.29, 1.82) is 0 Å². The summed E-state index contributed by atoms with van der Waals surface area (Å²) in [6, 6.07) is 55.3. The maximum atomic E-state index is 5.05. The van der Waals surface area contributed by atoms with Crippen molar-refractivity contribution in [3.63, 3.8) is 0 Å². The summed E-state index contributed by atoms with van der Waals surface area (Å²) in [6.45, 7) is 0. The van der Waals surface area contributed by atoms with E-state index in [1.165, 1.54) is 48.6 Å². The van der Waals surface area contributed by atoms with Crippen LogP contribution in [0, 0.1) is 0 Å². The van der Waals surface area contributed by atoms with Gasteiger partial charge in [0.1, 0.15) is 0 Å². The average molecular weight is 650 g/mol.